The maximum absolute atomic E-state index is 10.5. The molecule has 1 atom stereocenters. The van der Waals surface area contributed by atoms with Gasteiger partial charge in [0.1, 0.15) is 0 Å². The zero-order valence-electron chi connectivity index (χ0n) is 5.76. The standard InChI is InChI=1S/C7H13NO/c1-3-5-6(4-2)7(8)9/h4,6H,2-3,5H2,1H3,(H2,8,9). The van der Waals surface area contributed by atoms with E-state index in [2.05, 4.69) is 6.58 Å². The predicted octanol–water partition coefficient (Wildman–Crippen LogP) is 1.07. The lowest BCUT2D eigenvalue weighted by Gasteiger charge is -2.03. The highest BCUT2D eigenvalue weighted by molar-refractivity contribution is 5.78. The van der Waals surface area contributed by atoms with E-state index >= 15 is 0 Å². The minimum atomic E-state index is -0.271. The number of carbonyl (C=O) groups excluding carboxylic acids is 1. The lowest BCUT2D eigenvalue weighted by Crippen LogP contribution is -2.20. The van der Waals surface area contributed by atoms with Crippen molar-refractivity contribution < 1.29 is 4.79 Å². The molecule has 2 heteroatoms. The maximum atomic E-state index is 10.5. The number of carbonyl (C=O) groups is 1. The molecular formula is C7H13NO. The van der Waals surface area contributed by atoms with Gasteiger partial charge in [-0.15, -0.1) is 6.58 Å². The second-order valence-electron chi connectivity index (χ2n) is 2.03. The first-order valence-corrected chi connectivity index (χ1v) is 3.14. The lowest BCUT2D eigenvalue weighted by atomic mass is 10.0. The van der Waals surface area contributed by atoms with Crippen molar-refractivity contribution in [2.24, 2.45) is 11.7 Å². The SMILES string of the molecule is C=CC(CCC)C(N)=O. The van der Waals surface area contributed by atoms with Gasteiger partial charge in [-0.2, -0.15) is 0 Å². The summed E-state index contributed by atoms with van der Waals surface area (Å²) in [6.07, 6.45) is 3.39. The summed E-state index contributed by atoms with van der Waals surface area (Å²) in [5.41, 5.74) is 5.02. The van der Waals surface area contributed by atoms with Gasteiger partial charge in [0.2, 0.25) is 5.91 Å². The first kappa shape index (κ1) is 8.21. The molecule has 0 spiro atoms. The predicted molar refractivity (Wildman–Crippen MR) is 37.8 cm³/mol. The van der Waals surface area contributed by atoms with Gasteiger partial charge < -0.3 is 5.73 Å². The summed E-state index contributed by atoms with van der Waals surface area (Å²) in [5.74, 6) is -0.401. The Labute approximate surface area is 55.7 Å². The van der Waals surface area contributed by atoms with Gasteiger partial charge in [-0.1, -0.05) is 19.4 Å². The molecule has 0 fully saturated rings. The Morgan fingerprint density at radius 2 is 2.44 bits per heavy atom. The van der Waals surface area contributed by atoms with Crippen LogP contribution in [0.3, 0.4) is 0 Å². The van der Waals surface area contributed by atoms with Gasteiger partial charge in [0.25, 0.3) is 0 Å². The normalized spacial score (nSPS) is 12.6. The minimum absolute atomic E-state index is 0.130. The fourth-order valence-electron chi connectivity index (χ4n) is 0.687. The van der Waals surface area contributed by atoms with Crippen LogP contribution in [-0.2, 0) is 4.79 Å². The molecule has 1 unspecified atom stereocenters. The van der Waals surface area contributed by atoms with Gasteiger partial charge in [0.15, 0.2) is 0 Å². The molecule has 0 aromatic heterocycles. The number of hydrogen-bond acceptors (Lipinski definition) is 1. The third-order valence-electron chi connectivity index (χ3n) is 1.25. The summed E-state index contributed by atoms with van der Waals surface area (Å²) < 4.78 is 0. The fourth-order valence-corrected chi connectivity index (χ4v) is 0.687. The topological polar surface area (TPSA) is 43.1 Å². The van der Waals surface area contributed by atoms with Gasteiger partial charge in [-0.25, -0.2) is 0 Å². The van der Waals surface area contributed by atoms with E-state index in [9.17, 15) is 4.79 Å². The zero-order chi connectivity index (χ0) is 7.28. The highest BCUT2D eigenvalue weighted by atomic mass is 16.1. The first-order chi connectivity index (χ1) is 4.22. The van der Waals surface area contributed by atoms with Crippen molar-refractivity contribution in [1.29, 1.82) is 0 Å². The van der Waals surface area contributed by atoms with Gasteiger partial charge in [-0.05, 0) is 6.42 Å². The van der Waals surface area contributed by atoms with Gasteiger partial charge in [0.05, 0.1) is 5.92 Å². The second-order valence-corrected chi connectivity index (χ2v) is 2.03. The molecule has 0 aliphatic carbocycles. The van der Waals surface area contributed by atoms with Crippen LogP contribution in [0.25, 0.3) is 0 Å². The van der Waals surface area contributed by atoms with E-state index in [1.165, 1.54) is 0 Å². The Morgan fingerprint density at radius 3 is 2.56 bits per heavy atom. The third-order valence-corrected chi connectivity index (χ3v) is 1.25. The molecule has 9 heavy (non-hydrogen) atoms. The van der Waals surface area contributed by atoms with Crippen LogP contribution in [0, 0.1) is 5.92 Å². The summed E-state index contributed by atoms with van der Waals surface area (Å²) in [7, 11) is 0. The summed E-state index contributed by atoms with van der Waals surface area (Å²) in [6.45, 7) is 5.51. The second kappa shape index (κ2) is 4.13. The van der Waals surface area contributed by atoms with Crippen LogP contribution in [0.4, 0.5) is 0 Å². The largest absolute Gasteiger partial charge is 0.369 e. The molecule has 0 heterocycles. The molecular weight excluding hydrogens is 114 g/mol. The van der Waals surface area contributed by atoms with E-state index in [1.807, 2.05) is 6.92 Å². The van der Waals surface area contributed by atoms with Crippen molar-refractivity contribution in [3.63, 3.8) is 0 Å². The molecule has 0 radical (unpaired) electrons. The van der Waals surface area contributed by atoms with Crippen LogP contribution < -0.4 is 5.73 Å². The first-order valence-electron chi connectivity index (χ1n) is 3.14. The highest BCUT2D eigenvalue weighted by Gasteiger charge is 2.07. The molecule has 52 valence electrons. The van der Waals surface area contributed by atoms with Crippen molar-refractivity contribution in [3.8, 4) is 0 Å². The van der Waals surface area contributed by atoms with Crippen LogP contribution >= 0.6 is 0 Å². The van der Waals surface area contributed by atoms with Gasteiger partial charge in [-0.3, -0.25) is 4.79 Å². The average molecular weight is 127 g/mol. The summed E-state index contributed by atoms with van der Waals surface area (Å²) in [5, 5.41) is 0. The molecule has 0 aromatic rings. The van der Waals surface area contributed by atoms with E-state index in [4.69, 9.17) is 5.73 Å². The van der Waals surface area contributed by atoms with Crippen LogP contribution in [-0.4, -0.2) is 5.91 Å². The molecule has 0 aliphatic rings. The third kappa shape index (κ3) is 2.90. The summed E-state index contributed by atoms with van der Waals surface area (Å²) in [4.78, 5) is 10.5. The van der Waals surface area contributed by atoms with Crippen LogP contribution in [0.2, 0.25) is 0 Å². The van der Waals surface area contributed by atoms with Crippen molar-refractivity contribution in [2.45, 2.75) is 19.8 Å². The van der Waals surface area contributed by atoms with E-state index in [0.717, 1.165) is 12.8 Å². The van der Waals surface area contributed by atoms with Gasteiger partial charge >= 0.3 is 0 Å². The van der Waals surface area contributed by atoms with Crippen LogP contribution in [0.1, 0.15) is 19.8 Å². The quantitative estimate of drug-likeness (QED) is 0.564. The van der Waals surface area contributed by atoms with E-state index < -0.39 is 0 Å². The van der Waals surface area contributed by atoms with Crippen LogP contribution in [0.15, 0.2) is 12.7 Å². The molecule has 0 aromatic carbocycles. The average Bonchev–Trinajstić information content (AvgIpc) is 1.82. The van der Waals surface area contributed by atoms with Crippen molar-refractivity contribution in [2.75, 3.05) is 0 Å². The van der Waals surface area contributed by atoms with Crippen molar-refractivity contribution >= 4 is 5.91 Å². The molecule has 0 saturated carbocycles. The number of amides is 1. The smallest absolute Gasteiger partial charge is 0.224 e. The van der Waals surface area contributed by atoms with E-state index in [-0.39, 0.29) is 11.8 Å². The number of primary amides is 1. The van der Waals surface area contributed by atoms with Crippen LogP contribution in [0.5, 0.6) is 0 Å². The summed E-state index contributed by atoms with van der Waals surface area (Å²) in [6, 6.07) is 0. The van der Waals surface area contributed by atoms with Crippen molar-refractivity contribution in [1.82, 2.24) is 0 Å². The Balaban J connectivity index is 3.68. The fraction of sp³-hybridized carbons (Fsp3) is 0.571. The number of hydrogen-bond donors (Lipinski definition) is 1. The molecule has 2 nitrogen and oxygen atoms in total. The Morgan fingerprint density at radius 1 is 1.89 bits per heavy atom. The minimum Gasteiger partial charge on any atom is -0.369 e. The Bertz CT molecular complexity index is 109. The number of rotatable bonds is 4. The molecule has 2 N–H and O–H groups in total. The molecule has 0 rings (SSSR count). The Kier molecular flexibility index (Phi) is 3.76. The van der Waals surface area contributed by atoms with Gasteiger partial charge in [0, 0.05) is 0 Å². The summed E-state index contributed by atoms with van der Waals surface area (Å²) >= 11 is 0. The highest BCUT2D eigenvalue weighted by Crippen LogP contribution is 2.04. The Hall–Kier alpha value is -0.790. The molecule has 0 aliphatic heterocycles. The van der Waals surface area contributed by atoms with Crippen molar-refractivity contribution in [3.05, 3.63) is 12.7 Å². The maximum Gasteiger partial charge on any atom is 0.224 e. The molecule has 0 bridgehead atoms. The molecule has 1 amide bonds. The molecule has 0 saturated heterocycles. The van der Waals surface area contributed by atoms with E-state index in [1.54, 1.807) is 6.08 Å². The lowest BCUT2D eigenvalue weighted by molar-refractivity contribution is -0.120. The number of nitrogens with two attached hydrogens (primary N) is 1. The van der Waals surface area contributed by atoms with E-state index in [0.29, 0.717) is 0 Å². The zero-order valence-corrected chi connectivity index (χ0v) is 5.76. The monoisotopic (exact) mass is 127 g/mol.